The molecular weight excluding hydrogens is 226 g/mol. The van der Waals surface area contributed by atoms with Gasteiger partial charge in [0.05, 0.1) is 24.9 Å². The van der Waals surface area contributed by atoms with Gasteiger partial charge < -0.3 is 15.6 Å². The molecular formula is C12H16ClNO2. The first kappa shape index (κ1) is 11.9. The summed E-state index contributed by atoms with van der Waals surface area (Å²) in [7, 11) is 0. The Morgan fingerprint density at radius 3 is 3.06 bits per heavy atom. The molecule has 2 rings (SSSR count). The van der Waals surface area contributed by atoms with Gasteiger partial charge in [-0.25, -0.2) is 0 Å². The van der Waals surface area contributed by atoms with E-state index in [0.29, 0.717) is 6.61 Å². The molecule has 0 saturated heterocycles. The smallest absolute Gasteiger partial charge is 0.0809 e. The molecule has 3 atom stereocenters. The highest BCUT2D eigenvalue weighted by molar-refractivity contribution is 6.30. The van der Waals surface area contributed by atoms with Gasteiger partial charge in [0, 0.05) is 11.4 Å². The van der Waals surface area contributed by atoms with Gasteiger partial charge in [0.1, 0.15) is 0 Å². The lowest BCUT2D eigenvalue weighted by atomic mass is 10.1. The van der Waals surface area contributed by atoms with Crippen LogP contribution in [0.15, 0.2) is 18.2 Å². The molecule has 0 saturated carbocycles. The molecule has 0 bridgehead atoms. The van der Waals surface area contributed by atoms with Gasteiger partial charge in [-0.2, -0.15) is 0 Å². The second-order valence-electron chi connectivity index (χ2n) is 4.29. The molecule has 0 amide bonds. The van der Waals surface area contributed by atoms with E-state index in [1.165, 1.54) is 0 Å². The Hall–Kier alpha value is -0.610. The highest BCUT2D eigenvalue weighted by atomic mass is 35.5. The summed E-state index contributed by atoms with van der Waals surface area (Å²) in [5.74, 6) is 0. The highest BCUT2D eigenvalue weighted by Gasteiger charge is 2.30. The fraction of sp³-hybridized carbons (Fsp3) is 0.500. The van der Waals surface area contributed by atoms with E-state index >= 15 is 0 Å². The van der Waals surface area contributed by atoms with E-state index in [0.717, 1.165) is 22.6 Å². The molecule has 3 N–H and O–H groups in total. The lowest BCUT2D eigenvalue weighted by molar-refractivity contribution is -0.00852. The number of hydrogen-bond acceptors (Lipinski definition) is 3. The lowest BCUT2D eigenvalue weighted by Gasteiger charge is -2.17. The Morgan fingerprint density at radius 2 is 2.38 bits per heavy atom. The third-order valence-corrected chi connectivity index (χ3v) is 3.07. The van der Waals surface area contributed by atoms with Crippen molar-refractivity contribution in [3.63, 3.8) is 0 Å². The quantitative estimate of drug-likeness (QED) is 0.846. The van der Waals surface area contributed by atoms with Crippen molar-refractivity contribution in [2.45, 2.75) is 31.6 Å². The average molecular weight is 242 g/mol. The summed E-state index contributed by atoms with van der Waals surface area (Å²) in [6.07, 6.45) is 0.256. The highest BCUT2D eigenvalue weighted by Crippen LogP contribution is 2.33. The van der Waals surface area contributed by atoms with E-state index in [1.54, 1.807) is 6.92 Å². The number of aliphatic hydroxyl groups is 1. The van der Waals surface area contributed by atoms with Gasteiger partial charge >= 0.3 is 0 Å². The van der Waals surface area contributed by atoms with Crippen LogP contribution in [-0.4, -0.2) is 23.9 Å². The van der Waals surface area contributed by atoms with Gasteiger partial charge in [-0.1, -0.05) is 17.7 Å². The number of nitrogens with two attached hydrogens (primary N) is 1. The first-order valence-corrected chi connectivity index (χ1v) is 5.79. The van der Waals surface area contributed by atoms with E-state index in [1.807, 2.05) is 18.2 Å². The predicted molar refractivity (Wildman–Crippen MR) is 63.5 cm³/mol. The predicted octanol–water partition coefficient (Wildman–Crippen LogP) is 1.66. The molecule has 0 spiro atoms. The molecule has 88 valence electrons. The molecule has 1 aliphatic rings. The summed E-state index contributed by atoms with van der Waals surface area (Å²) >= 11 is 5.92. The first-order valence-electron chi connectivity index (χ1n) is 5.41. The number of benzene rings is 1. The molecule has 4 heteroatoms. The fourth-order valence-corrected chi connectivity index (χ4v) is 2.24. The van der Waals surface area contributed by atoms with Crippen LogP contribution in [0.4, 0.5) is 0 Å². The van der Waals surface area contributed by atoms with Crippen LogP contribution in [0.1, 0.15) is 24.1 Å². The zero-order valence-corrected chi connectivity index (χ0v) is 9.95. The van der Waals surface area contributed by atoms with E-state index in [4.69, 9.17) is 22.1 Å². The SMILES string of the molecule is C[C@H](O)CO[C@@H]1Cc2cc(Cl)ccc2[C@@H]1N. The Kier molecular flexibility index (Phi) is 3.50. The van der Waals surface area contributed by atoms with Crippen LogP contribution in [0, 0.1) is 0 Å². The van der Waals surface area contributed by atoms with Crippen LogP contribution in [0.3, 0.4) is 0 Å². The molecule has 1 aromatic carbocycles. The Labute approximate surface area is 100 Å². The number of aliphatic hydroxyl groups excluding tert-OH is 1. The van der Waals surface area contributed by atoms with Crippen molar-refractivity contribution in [3.8, 4) is 0 Å². The van der Waals surface area contributed by atoms with E-state index in [9.17, 15) is 5.11 Å². The van der Waals surface area contributed by atoms with Gasteiger partial charge in [-0.3, -0.25) is 0 Å². The monoisotopic (exact) mass is 241 g/mol. The largest absolute Gasteiger partial charge is 0.391 e. The Balaban J connectivity index is 2.08. The normalized spacial score (nSPS) is 25.5. The second kappa shape index (κ2) is 4.72. The van der Waals surface area contributed by atoms with Gasteiger partial charge in [-0.15, -0.1) is 0 Å². The third-order valence-electron chi connectivity index (χ3n) is 2.84. The van der Waals surface area contributed by atoms with Crippen molar-refractivity contribution < 1.29 is 9.84 Å². The van der Waals surface area contributed by atoms with E-state index in [-0.39, 0.29) is 12.1 Å². The molecule has 3 nitrogen and oxygen atoms in total. The summed E-state index contributed by atoms with van der Waals surface area (Å²) in [4.78, 5) is 0. The first-order chi connectivity index (χ1) is 7.58. The molecule has 0 radical (unpaired) electrons. The molecule has 0 aliphatic heterocycles. The van der Waals surface area contributed by atoms with Gasteiger partial charge in [0.2, 0.25) is 0 Å². The van der Waals surface area contributed by atoms with E-state index in [2.05, 4.69) is 0 Å². The molecule has 16 heavy (non-hydrogen) atoms. The average Bonchev–Trinajstić information content (AvgIpc) is 2.52. The maximum absolute atomic E-state index is 9.17. The standard InChI is InChI=1S/C12H16ClNO2/c1-7(15)6-16-11-5-8-4-9(13)2-3-10(8)12(11)14/h2-4,7,11-12,15H,5-6,14H2,1H3/t7-,11+,12-/m0/s1. The third kappa shape index (κ3) is 2.38. The maximum atomic E-state index is 9.17. The summed E-state index contributed by atoms with van der Waals surface area (Å²) < 4.78 is 5.58. The minimum absolute atomic E-state index is 0.0527. The number of halogens is 1. The molecule has 0 heterocycles. The number of hydrogen-bond donors (Lipinski definition) is 2. The van der Waals surface area contributed by atoms with Crippen molar-refractivity contribution >= 4 is 11.6 Å². The maximum Gasteiger partial charge on any atom is 0.0809 e. The van der Waals surface area contributed by atoms with Gasteiger partial charge in [0.25, 0.3) is 0 Å². The zero-order chi connectivity index (χ0) is 11.7. The number of rotatable bonds is 3. The van der Waals surface area contributed by atoms with E-state index < -0.39 is 6.10 Å². The molecule has 0 fully saturated rings. The lowest BCUT2D eigenvalue weighted by Crippen LogP contribution is -2.28. The molecule has 1 aromatic rings. The zero-order valence-electron chi connectivity index (χ0n) is 9.19. The minimum Gasteiger partial charge on any atom is -0.391 e. The van der Waals surface area contributed by atoms with Gasteiger partial charge in [-0.05, 0) is 30.2 Å². The van der Waals surface area contributed by atoms with Crippen LogP contribution in [0.25, 0.3) is 0 Å². The molecule has 1 aliphatic carbocycles. The molecule has 0 unspecified atom stereocenters. The Morgan fingerprint density at radius 1 is 1.62 bits per heavy atom. The fourth-order valence-electron chi connectivity index (χ4n) is 2.05. The summed E-state index contributed by atoms with van der Waals surface area (Å²) in [5.41, 5.74) is 8.32. The summed E-state index contributed by atoms with van der Waals surface area (Å²) in [6.45, 7) is 2.02. The van der Waals surface area contributed by atoms with Crippen LogP contribution >= 0.6 is 11.6 Å². The number of ether oxygens (including phenoxy) is 1. The van der Waals surface area contributed by atoms with Crippen LogP contribution < -0.4 is 5.73 Å². The van der Waals surface area contributed by atoms with Crippen LogP contribution in [-0.2, 0) is 11.2 Å². The van der Waals surface area contributed by atoms with Crippen molar-refractivity contribution in [3.05, 3.63) is 34.3 Å². The summed E-state index contributed by atoms with van der Waals surface area (Å²) in [6, 6.07) is 5.61. The van der Waals surface area contributed by atoms with Gasteiger partial charge in [0.15, 0.2) is 0 Å². The van der Waals surface area contributed by atoms with Crippen molar-refractivity contribution in [1.82, 2.24) is 0 Å². The molecule has 0 aromatic heterocycles. The second-order valence-corrected chi connectivity index (χ2v) is 4.73. The topological polar surface area (TPSA) is 55.5 Å². The number of fused-ring (bicyclic) bond motifs is 1. The van der Waals surface area contributed by atoms with Crippen molar-refractivity contribution in [2.75, 3.05) is 6.61 Å². The van der Waals surface area contributed by atoms with Crippen molar-refractivity contribution in [1.29, 1.82) is 0 Å². The van der Waals surface area contributed by atoms with Crippen LogP contribution in [0.2, 0.25) is 5.02 Å². The van der Waals surface area contributed by atoms with Crippen molar-refractivity contribution in [2.24, 2.45) is 5.73 Å². The minimum atomic E-state index is -0.459. The Bertz CT molecular complexity index is 381. The van der Waals surface area contributed by atoms with Crippen LogP contribution in [0.5, 0.6) is 0 Å². The summed E-state index contributed by atoms with van der Waals surface area (Å²) in [5, 5.41) is 9.90.